The summed E-state index contributed by atoms with van der Waals surface area (Å²) in [6.45, 7) is 8.82. The third kappa shape index (κ3) is 3.58. The summed E-state index contributed by atoms with van der Waals surface area (Å²) in [5.41, 5.74) is 11.1. The van der Waals surface area contributed by atoms with Crippen LogP contribution in [-0.2, 0) is 20.8 Å². The number of phenols is 1. The average Bonchev–Trinajstić information content (AvgIpc) is 2.88. The molecule has 4 aliphatic rings. The Kier molecular flexibility index (Phi) is 6.33. The molecule has 9 heteroatoms. The van der Waals surface area contributed by atoms with E-state index < -0.39 is 18.1 Å². The fourth-order valence-corrected chi connectivity index (χ4v) is 6.93. The predicted molar refractivity (Wildman–Crippen MR) is 141 cm³/mol. The van der Waals surface area contributed by atoms with Crippen LogP contribution < -0.4 is 11.1 Å². The van der Waals surface area contributed by atoms with Crippen molar-refractivity contribution in [3.8, 4) is 11.8 Å². The average molecular weight is 518 g/mol. The molecule has 3 heterocycles. The van der Waals surface area contributed by atoms with Crippen LogP contribution in [0.2, 0.25) is 0 Å². The first-order valence-electron chi connectivity index (χ1n) is 13.1. The number of nitrogens with two attached hydrogens (primary N) is 1. The van der Waals surface area contributed by atoms with E-state index >= 15 is 0 Å². The fraction of sp³-hybridized carbons (Fsp3) is 0.517. The van der Waals surface area contributed by atoms with Crippen LogP contribution >= 0.6 is 0 Å². The molecular formula is C29H35N5O4. The van der Waals surface area contributed by atoms with Crippen molar-refractivity contribution in [1.29, 1.82) is 5.26 Å². The molecule has 9 nitrogen and oxygen atoms in total. The van der Waals surface area contributed by atoms with Gasteiger partial charge in [-0.25, -0.2) is 0 Å². The zero-order chi connectivity index (χ0) is 27.8. The monoisotopic (exact) mass is 517 g/mol. The van der Waals surface area contributed by atoms with Crippen LogP contribution in [-0.4, -0.2) is 76.2 Å². The summed E-state index contributed by atoms with van der Waals surface area (Å²) in [7, 11) is 1.97. The number of nitrogens with one attached hydrogen (secondary N) is 1. The predicted octanol–water partition coefficient (Wildman–Crippen LogP) is 1.50. The van der Waals surface area contributed by atoms with Gasteiger partial charge in [-0.1, -0.05) is 6.07 Å². The van der Waals surface area contributed by atoms with Gasteiger partial charge in [0.05, 0.1) is 24.2 Å². The largest absolute Gasteiger partial charge is 0.507 e. The number of rotatable bonds is 3. The number of aryl methyl sites for hydroxylation is 1. The fourth-order valence-electron chi connectivity index (χ4n) is 6.93. The normalized spacial score (nSPS) is 29.9. The summed E-state index contributed by atoms with van der Waals surface area (Å²) in [6, 6.07) is 1.71. The van der Waals surface area contributed by atoms with E-state index in [-0.39, 0.29) is 54.3 Å². The van der Waals surface area contributed by atoms with Crippen molar-refractivity contribution >= 4 is 17.5 Å². The molecule has 0 saturated carbocycles. The molecule has 4 N–H and O–H groups in total. The van der Waals surface area contributed by atoms with Crippen LogP contribution in [0.5, 0.6) is 5.75 Å². The number of nitrogens with zero attached hydrogens (tertiary/aromatic N) is 3. The van der Waals surface area contributed by atoms with Gasteiger partial charge in [0.1, 0.15) is 11.8 Å². The van der Waals surface area contributed by atoms with E-state index in [4.69, 9.17) is 5.73 Å². The number of benzene rings is 1. The van der Waals surface area contributed by atoms with Gasteiger partial charge in [0.25, 0.3) is 0 Å². The molecule has 3 aliphatic heterocycles. The molecule has 1 fully saturated rings. The summed E-state index contributed by atoms with van der Waals surface area (Å²) in [5.74, 6) is -0.514. The van der Waals surface area contributed by atoms with Gasteiger partial charge in [-0.15, -0.1) is 0 Å². The summed E-state index contributed by atoms with van der Waals surface area (Å²) < 4.78 is 0. The Morgan fingerprint density at radius 1 is 1.18 bits per heavy atom. The van der Waals surface area contributed by atoms with E-state index in [1.54, 1.807) is 20.8 Å². The van der Waals surface area contributed by atoms with Crippen LogP contribution in [0, 0.1) is 25.2 Å². The highest BCUT2D eigenvalue weighted by molar-refractivity contribution is 6.25. The Labute approximate surface area is 223 Å². The van der Waals surface area contributed by atoms with Crippen molar-refractivity contribution in [3.05, 3.63) is 50.6 Å². The standard InChI is InChI=1S/C29H35N5O4/c1-12-7-17-8-19-21(10-30)34-20(25(33(19)6)23(17)27(36)13(12)2)9-18-24(22(34)11-32-29(38)16(5)31)28(37)15(4)14(3)26(18)35/h7,16,19-22,25,36H,8-9,11,31H2,1-6H3,(H,32,38)/t16-,19?,20-,21-,22-,25?/m0/s1. The minimum Gasteiger partial charge on any atom is -0.507 e. The Balaban J connectivity index is 1.72. The van der Waals surface area contributed by atoms with Crippen molar-refractivity contribution in [2.75, 3.05) is 13.6 Å². The third-order valence-electron chi connectivity index (χ3n) is 9.27. The van der Waals surface area contributed by atoms with E-state index in [1.807, 2.05) is 25.8 Å². The number of hydrogen-bond acceptors (Lipinski definition) is 8. The first-order valence-corrected chi connectivity index (χ1v) is 13.1. The Bertz CT molecular complexity index is 1380. The Morgan fingerprint density at radius 3 is 2.47 bits per heavy atom. The number of nitriles is 1. The van der Waals surface area contributed by atoms with Gasteiger partial charge in [0.15, 0.2) is 11.6 Å². The lowest BCUT2D eigenvalue weighted by Gasteiger charge is -2.60. The molecule has 5 rings (SSSR count). The minimum absolute atomic E-state index is 0.0498. The summed E-state index contributed by atoms with van der Waals surface area (Å²) in [6.07, 6.45) is 0.835. The topological polar surface area (TPSA) is 140 Å². The van der Waals surface area contributed by atoms with Crippen molar-refractivity contribution < 1.29 is 19.5 Å². The molecule has 0 radical (unpaired) electrons. The van der Waals surface area contributed by atoms with Crippen LogP contribution in [0.4, 0.5) is 0 Å². The maximum atomic E-state index is 13.7. The number of Topliss-reactive ketones (excluding diaryl/α,β-unsaturated/α-hetero) is 2. The molecule has 1 aromatic rings. The van der Waals surface area contributed by atoms with E-state index in [2.05, 4.69) is 22.4 Å². The molecule has 2 unspecified atom stereocenters. The van der Waals surface area contributed by atoms with E-state index in [0.29, 0.717) is 28.7 Å². The highest BCUT2D eigenvalue weighted by atomic mass is 16.3. The molecule has 1 saturated heterocycles. The number of ketones is 2. The summed E-state index contributed by atoms with van der Waals surface area (Å²) >= 11 is 0. The van der Waals surface area contributed by atoms with Crippen molar-refractivity contribution in [3.63, 3.8) is 0 Å². The number of allylic oxidation sites excluding steroid dienone is 2. The third-order valence-corrected chi connectivity index (χ3v) is 9.27. The van der Waals surface area contributed by atoms with E-state index in [0.717, 1.165) is 22.3 Å². The second-order valence-electron chi connectivity index (χ2n) is 11.3. The molecule has 1 aliphatic carbocycles. The van der Waals surface area contributed by atoms with Crippen LogP contribution in [0.15, 0.2) is 28.4 Å². The van der Waals surface area contributed by atoms with Gasteiger partial charge in [-0.3, -0.25) is 24.2 Å². The second kappa shape index (κ2) is 9.16. The van der Waals surface area contributed by atoms with Gasteiger partial charge < -0.3 is 16.2 Å². The highest BCUT2D eigenvalue weighted by Crippen LogP contribution is 2.52. The maximum Gasteiger partial charge on any atom is 0.236 e. The molecule has 200 valence electrons. The Hall–Kier alpha value is -3.32. The lowest BCUT2D eigenvalue weighted by Crippen LogP contribution is -2.71. The smallest absolute Gasteiger partial charge is 0.236 e. The zero-order valence-electron chi connectivity index (χ0n) is 22.8. The van der Waals surface area contributed by atoms with Crippen molar-refractivity contribution in [2.24, 2.45) is 5.73 Å². The molecule has 2 bridgehead atoms. The van der Waals surface area contributed by atoms with Crippen molar-refractivity contribution in [1.82, 2.24) is 15.1 Å². The van der Waals surface area contributed by atoms with Crippen LogP contribution in [0.3, 0.4) is 0 Å². The summed E-state index contributed by atoms with van der Waals surface area (Å²) in [5, 5.41) is 24.7. The first-order chi connectivity index (χ1) is 17.9. The van der Waals surface area contributed by atoms with Gasteiger partial charge in [-0.2, -0.15) is 5.26 Å². The molecule has 0 aromatic heterocycles. The van der Waals surface area contributed by atoms with Crippen molar-refractivity contribution in [2.45, 2.75) is 83.7 Å². The minimum atomic E-state index is -0.746. The number of fused-ring (bicyclic) bond motifs is 6. The second-order valence-corrected chi connectivity index (χ2v) is 11.3. The lowest BCUT2D eigenvalue weighted by atomic mass is 9.69. The van der Waals surface area contributed by atoms with Gasteiger partial charge in [0.2, 0.25) is 5.91 Å². The number of phenolic OH excluding ortho intramolecular Hbond substituents is 1. The van der Waals surface area contributed by atoms with Crippen LogP contribution in [0.25, 0.3) is 0 Å². The highest BCUT2D eigenvalue weighted by Gasteiger charge is 2.57. The number of aromatic hydroxyl groups is 1. The number of hydrogen-bond donors (Lipinski definition) is 3. The van der Waals surface area contributed by atoms with E-state index in [1.165, 1.54) is 0 Å². The molecule has 6 atom stereocenters. The van der Waals surface area contributed by atoms with Gasteiger partial charge in [0, 0.05) is 46.5 Å². The van der Waals surface area contributed by atoms with Gasteiger partial charge in [-0.05, 0) is 71.2 Å². The number of likely N-dealkylation sites (N-methyl/N-ethyl adjacent to an activating group) is 1. The molecule has 1 aromatic carbocycles. The quantitative estimate of drug-likeness (QED) is 0.513. The summed E-state index contributed by atoms with van der Waals surface area (Å²) in [4.78, 5) is 43.9. The zero-order valence-corrected chi connectivity index (χ0v) is 22.8. The van der Waals surface area contributed by atoms with E-state index in [9.17, 15) is 24.8 Å². The number of carbonyl (C=O) groups is 3. The van der Waals surface area contributed by atoms with Crippen LogP contribution in [0.1, 0.15) is 55.5 Å². The number of amides is 1. The Morgan fingerprint density at radius 2 is 1.84 bits per heavy atom. The molecule has 0 spiro atoms. The maximum absolute atomic E-state index is 13.7. The molecule has 1 amide bonds. The SMILES string of the molecule is CC1=C(C)C(=O)C2=C(C[C@H]3C4c5c(cc(C)c(C)c5O)CC([C@H](C#N)N3[C@H]2CNC(=O)[C@H](C)N)N4C)C1=O. The van der Waals surface area contributed by atoms with Gasteiger partial charge >= 0.3 is 0 Å². The molecular weight excluding hydrogens is 482 g/mol. The number of carbonyl (C=O) groups excluding carboxylic acids is 3. The molecule has 38 heavy (non-hydrogen) atoms. The lowest BCUT2D eigenvalue weighted by molar-refractivity contribution is -0.124. The first kappa shape index (κ1) is 26.3. The number of piperazine rings is 1.